The predicted molar refractivity (Wildman–Crippen MR) is 66.5 cm³/mol. The smallest absolute Gasteiger partial charge is 0.262 e. The average Bonchev–Trinajstić information content (AvgIpc) is 2.63. The minimum atomic E-state index is -1.28. The molecule has 0 aliphatic carbocycles. The third-order valence-electron chi connectivity index (χ3n) is 2.90. The Labute approximate surface area is 106 Å². The molecule has 0 fully saturated rings. The van der Waals surface area contributed by atoms with Gasteiger partial charge in [0.1, 0.15) is 0 Å². The number of nitrogens with zero attached hydrogens (tertiary/aromatic N) is 1. The number of carbonyl (C=O) groups excluding carboxylic acids is 2. The lowest BCUT2D eigenvalue weighted by molar-refractivity contribution is -0.150. The van der Waals surface area contributed by atoms with Gasteiger partial charge in [-0.25, -0.2) is 0 Å². The number of hydrogen-bond donors (Lipinski definition) is 1. The van der Waals surface area contributed by atoms with Gasteiger partial charge in [-0.1, -0.05) is 42.5 Å². The molecule has 1 aromatic carbocycles. The van der Waals surface area contributed by atoms with E-state index in [0.717, 1.165) is 4.90 Å². The number of carbonyl (C=O) groups is 2. The first kappa shape index (κ1) is 12.5. The van der Waals surface area contributed by atoms with Crippen LogP contribution in [-0.4, -0.2) is 28.4 Å². The number of hydrogen-bond acceptors (Lipinski definition) is 3. The van der Waals surface area contributed by atoms with Crippen molar-refractivity contribution in [2.75, 3.05) is 6.54 Å². The third kappa shape index (κ3) is 2.65. The number of benzene rings is 1. The molecule has 0 saturated heterocycles. The molecule has 18 heavy (non-hydrogen) atoms. The standard InChI is InChI=1S/C14H15NO3/c16-12-9-5-2-6-10-15(12)14(18)13(17)11-7-3-1-4-8-11/h1-4,6-8,13,17H,5,9-10H2. The quantitative estimate of drug-likeness (QED) is 0.802. The maximum absolute atomic E-state index is 12.1. The Kier molecular flexibility index (Phi) is 3.89. The van der Waals surface area contributed by atoms with E-state index in [0.29, 0.717) is 18.4 Å². The van der Waals surface area contributed by atoms with Gasteiger partial charge in [-0.05, 0) is 12.0 Å². The van der Waals surface area contributed by atoms with Crippen LogP contribution < -0.4 is 0 Å². The maximum Gasteiger partial charge on any atom is 0.262 e. The summed E-state index contributed by atoms with van der Waals surface area (Å²) >= 11 is 0. The van der Waals surface area contributed by atoms with Crippen LogP contribution in [0.1, 0.15) is 24.5 Å². The summed E-state index contributed by atoms with van der Waals surface area (Å²) in [6, 6.07) is 8.63. The topological polar surface area (TPSA) is 57.6 Å². The van der Waals surface area contributed by atoms with E-state index in [1.807, 2.05) is 6.08 Å². The highest BCUT2D eigenvalue weighted by molar-refractivity contribution is 5.98. The van der Waals surface area contributed by atoms with E-state index < -0.39 is 12.0 Å². The Balaban J connectivity index is 2.15. The zero-order valence-corrected chi connectivity index (χ0v) is 9.95. The van der Waals surface area contributed by atoms with Gasteiger partial charge in [0, 0.05) is 13.0 Å². The molecule has 2 rings (SSSR count). The lowest BCUT2D eigenvalue weighted by Crippen LogP contribution is -2.39. The number of amides is 2. The highest BCUT2D eigenvalue weighted by Gasteiger charge is 2.27. The fourth-order valence-electron chi connectivity index (χ4n) is 1.88. The van der Waals surface area contributed by atoms with Crippen LogP contribution in [0.5, 0.6) is 0 Å². The fourth-order valence-corrected chi connectivity index (χ4v) is 1.88. The van der Waals surface area contributed by atoms with Gasteiger partial charge in [0.15, 0.2) is 6.10 Å². The molecule has 0 aromatic heterocycles. The normalized spacial score (nSPS) is 17.4. The number of aliphatic hydroxyl groups excluding tert-OH is 1. The summed E-state index contributed by atoms with van der Waals surface area (Å²) in [6.07, 6.45) is 3.33. The summed E-state index contributed by atoms with van der Waals surface area (Å²) in [7, 11) is 0. The number of rotatable bonds is 2. The molecular weight excluding hydrogens is 230 g/mol. The molecule has 0 radical (unpaired) electrons. The zero-order chi connectivity index (χ0) is 13.0. The molecule has 1 aliphatic rings. The van der Waals surface area contributed by atoms with E-state index >= 15 is 0 Å². The van der Waals surface area contributed by atoms with Crippen molar-refractivity contribution < 1.29 is 14.7 Å². The molecule has 0 saturated carbocycles. The lowest BCUT2D eigenvalue weighted by atomic mass is 10.1. The van der Waals surface area contributed by atoms with Gasteiger partial charge >= 0.3 is 0 Å². The fraction of sp³-hybridized carbons (Fsp3) is 0.286. The summed E-state index contributed by atoms with van der Waals surface area (Å²) in [6.45, 7) is 0.238. The SMILES string of the molecule is O=C1CCC=CCN1C(=O)C(O)c1ccccc1. The maximum atomic E-state index is 12.1. The molecule has 0 spiro atoms. The molecule has 0 bridgehead atoms. The summed E-state index contributed by atoms with van der Waals surface area (Å²) in [5, 5.41) is 9.98. The molecule has 1 unspecified atom stereocenters. The molecule has 2 amide bonds. The van der Waals surface area contributed by atoms with Crippen molar-refractivity contribution >= 4 is 11.8 Å². The Morgan fingerprint density at radius 1 is 1.22 bits per heavy atom. The monoisotopic (exact) mass is 245 g/mol. The van der Waals surface area contributed by atoms with E-state index in [4.69, 9.17) is 0 Å². The van der Waals surface area contributed by atoms with Crippen molar-refractivity contribution in [2.45, 2.75) is 18.9 Å². The number of imide groups is 1. The van der Waals surface area contributed by atoms with Gasteiger partial charge in [0.2, 0.25) is 5.91 Å². The van der Waals surface area contributed by atoms with Crippen LogP contribution in [0.2, 0.25) is 0 Å². The summed E-state index contributed by atoms with van der Waals surface area (Å²) in [5.41, 5.74) is 0.503. The second kappa shape index (κ2) is 5.60. The largest absolute Gasteiger partial charge is 0.378 e. The minimum Gasteiger partial charge on any atom is -0.378 e. The van der Waals surface area contributed by atoms with E-state index in [2.05, 4.69) is 0 Å². The van der Waals surface area contributed by atoms with Crippen molar-refractivity contribution in [1.29, 1.82) is 0 Å². The van der Waals surface area contributed by atoms with Crippen LogP contribution in [0.15, 0.2) is 42.5 Å². The van der Waals surface area contributed by atoms with E-state index in [1.54, 1.807) is 36.4 Å². The third-order valence-corrected chi connectivity index (χ3v) is 2.90. The molecule has 1 aliphatic heterocycles. The van der Waals surface area contributed by atoms with Crippen LogP contribution >= 0.6 is 0 Å². The van der Waals surface area contributed by atoms with Gasteiger partial charge in [-0.3, -0.25) is 14.5 Å². The van der Waals surface area contributed by atoms with Gasteiger partial charge < -0.3 is 5.11 Å². The molecule has 4 heteroatoms. The Morgan fingerprint density at radius 3 is 2.67 bits per heavy atom. The van der Waals surface area contributed by atoms with Crippen molar-refractivity contribution in [3.8, 4) is 0 Å². The van der Waals surface area contributed by atoms with Crippen molar-refractivity contribution in [1.82, 2.24) is 4.90 Å². The molecule has 1 atom stereocenters. The Bertz CT molecular complexity index is 467. The van der Waals surface area contributed by atoms with E-state index in [-0.39, 0.29) is 12.5 Å². The van der Waals surface area contributed by atoms with Crippen LogP contribution in [0.4, 0.5) is 0 Å². The Morgan fingerprint density at radius 2 is 1.94 bits per heavy atom. The van der Waals surface area contributed by atoms with Crippen molar-refractivity contribution in [2.24, 2.45) is 0 Å². The van der Waals surface area contributed by atoms with Gasteiger partial charge in [0.25, 0.3) is 5.91 Å². The highest BCUT2D eigenvalue weighted by Crippen LogP contribution is 2.17. The van der Waals surface area contributed by atoms with Gasteiger partial charge in [-0.15, -0.1) is 0 Å². The highest BCUT2D eigenvalue weighted by atomic mass is 16.3. The first-order valence-electron chi connectivity index (χ1n) is 5.92. The summed E-state index contributed by atoms with van der Waals surface area (Å²) in [4.78, 5) is 24.9. The van der Waals surface area contributed by atoms with Crippen LogP contribution in [0.3, 0.4) is 0 Å². The summed E-state index contributed by atoms with van der Waals surface area (Å²) < 4.78 is 0. The van der Waals surface area contributed by atoms with Crippen molar-refractivity contribution in [3.63, 3.8) is 0 Å². The number of allylic oxidation sites excluding steroid dienone is 1. The molecule has 1 heterocycles. The number of aliphatic hydroxyl groups is 1. The lowest BCUT2D eigenvalue weighted by Gasteiger charge is -2.21. The average molecular weight is 245 g/mol. The van der Waals surface area contributed by atoms with Crippen LogP contribution in [0, 0.1) is 0 Å². The predicted octanol–water partition coefficient (Wildman–Crippen LogP) is 1.43. The minimum absolute atomic E-state index is 0.236. The van der Waals surface area contributed by atoms with Gasteiger partial charge in [-0.2, -0.15) is 0 Å². The second-order valence-corrected chi connectivity index (χ2v) is 4.17. The van der Waals surface area contributed by atoms with Crippen LogP contribution in [0.25, 0.3) is 0 Å². The zero-order valence-electron chi connectivity index (χ0n) is 9.95. The Hall–Kier alpha value is -1.94. The summed E-state index contributed by atoms with van der Waals surface area (Å²) in [5.74, 6) is -0.794. The molecule has 1 N–H and O–H groups in total. The first-order valence-corrected chi connectivity index (χ1v) is 5.92. The second-order valence-electron chi connectivity index (χ2n) is 4.17. The molecule has 1 aromatic rings. The molecule has 4 nitrogen and oxygen atoms in total. The van der Waals surface area contributed by atoms with Gasteiger partial charge in [0.05, 0.1) is 0 Å². The molecule has 94 valence electrons. The van der Waals surface area contributed by atoms with Crippen molar-refractivity contribution in [3.05, 3.63) is 48.0 Å². The first-order chi connectivity index (χ1) is 8.70. The van der Waals surface area contributed by atoms with E-state index in [9.17, 15) is 14.7 Å². The molecular formula is C14H15NO3. The van der Waals surface area contributed by atoms with Crippen LogP contribution in [-0.2, 0) is 9.59 Å². The van der Waals surface area contributed by atoms with E-state index in [1.165, 1.54) is 0 Å².